The molecule has 0 aliphatic heterocycles. The van der Waals surface area contributed by atoms with Crippen LogP contribution in [0.1, 0.15) is 18.1 Å². The summed E-state index contributed by atoms with van der Waals surface area (Å²) in [7, 11) is -0.741. The summed E-state index contributed by atoms with van der Waals surface area (Å²) >= 11 is 0. The number of carbonyl (C=O) groups excluding carboxylic acids is 1. The van der Waals surface area contributed by atoms with Crippen LogP contribution in [0.3, 0.4) is 0 Å². The van der Waals surface area contributed by atoms with E-state index in [4.69, 9.17) is 9.47 Å². The molecule has 0 aromatic heterocycles. The maximum atomic E-state index is 12.7. The van der Waals surface area contributed by atoms with Crippen LogP contribution in [0, 0.1) is 6.92 Å². The third-order valence-electron chi connectivity index (χ3n) is 3.74. The molecule has 0 saturated carbocycles. The first-order valence-corrected chi connectivity index (χ1v) is 9.34. The minimum absolute atomic E-state index is 0.0342. The van der Waals surface area contributed by atoms with Crippen LogP contribution in [0.5, 0.6) is 11.5 Å². The summed E-state index contributed by atoms with van der Waals surface area (Å²) < 4.78 is 38.4. The summed E-state index contributed by atoms with van der Waals surface area (Å²) in [4.78, 5) is 11.3. The summed E-state index contributed by atoms with van der Waals surface area (Å²) in [6.45, 7) is 3.09. The van der Waals surface area contributed by atoms with Crippen LogP contribution in [-0.4, -0.2) is 28.5 Å². The highest BCUT2D eigenvalue weighted by Gasteiger charge is 2.18. The first kappa shape index (κ1) is 19.7. The van der Waals surface area contributed by atoms with Gasteiger partial charge in [0.15, 0.2) is 0 Å². The highest BCUT2D eigenvalue weighted by Crippen LogP contribution is 2.25. The van der Waals surface area contributed by atoms with Crippen LogP contribution in [0.15, 0.2) is 41.3 Å². The van der Waals surface area contributed by atoms with Crippen molar-refractivity contribution in [3.63, 3.8) is 0 Å². The number of benzene rings is 2. The third-order valence-corrected chi connectivity index (χ3v) is 5.28. The molecule has 2 rings (SSSR count). The van der Waals surface area contributed by atoms with Crippen molar-refractivity contribution in [3.05, 3.63) is 47.5 Å². The number of hydrogen-bond donors (Lipinski definition) is 2. The molecule has 8 heteroatoms. The van der Waals surface area contributed by atoms with Crippen LogP contribution in [0.2, 0.25) is 0 Å². The van der Waals surface area contributed by atoms with Crippen LogP contribution >= 0.6 is 0 Å². The molecule has 7 nitrogen and oxygen atoms in total. The predicted molar refractivity (Wildman–Crippen MR) is 99.1 cm³/mol. The van der Waals surface area contributed by atoms with Crippen LogP contribution < -0.4 is 19.5 Å². The van der Waals surface area contributed by atoms with Crippen LogP contribution in [0.25, 0.3) is 0 Å². The zero-order valence-corrected chi connectivity index (χ0v) is 15.9. The fraction of sp³-hybridized carbons (Fsp3) is 0.278. The standard InChI is InChI=1S/C18H22N2O5S/c1-12-5-6-15(20-13(2)21)10-18(12)26(22,23)19-11-14-9-16(24-3)7-8-17(14)25-4/h5-10,19H,11H2,1-4H3,(H,20,21). The van der Waals surface area contributed by atoms with E-state index in [9.17, 15) is 13.2 Å². The lowest BCUT2D eigenvalue weighted by atomic mass is 10.2. The van der Waals surface area contributed by atoms with Gasteiger partial charge in [-0.25, -0.2) is 13.1 Å². The number of ether oxygens (including phenoxy) is 2. The van der Waals surface area contributed by atoms with E-state index in [0.717, 1.165) is 0 Å². The second kappa shape index (κ2) is 8.20. The van der Waals surface area contributed by atoms with E-state index in [1.807, 2.05) is 0 Å². The Morgan fingerprint density at radius 3 is 2.42 bits per heavy atom. The molecular formula is C18H22N2O5S. The van der Waals surface area contributed by atoms with E-state index in [-0.39, 0.29) is 17.3 Å². The average Bonchev–Trinajstić information content (AvgIpc) is 2.60. The molecule has 0 fully saturated rings. The number of nitrogens with one attached hydrogen (secondary N) is 2. The van der Waals surface area contributed by atoms with Gasteiger partial charge in [0.25, 0.3) is 0 Å². The van der Waals surface area contributed by atoms with Crippen LogP contribution in [0.4, 0.5) is 5.69 Å². The SMILES string of the molecule is COc1ccc(OC)c(CNS(=O)(=O)c2cc(NC(C)=O)ccc2C)c1. The Labute approximate surface area is 153 Å². The van der Waals surface area contributed by atoms with Gasteiger partial charge in [-0.3, -0.25) is 4.79 Å². The lowest BCUT2D eigenvalue weighted by Gasteiger charge is -2.14. The van der Waals surface area contributed by atoms with E-state index in [0.29, 0.717) is 28.3 Å². The fourth-order valence-electron chi connectivity index (χ4n) is 2.44. The molecule has 2 aromatic rings. The summed E-state index contributed by atoms with van der Waals surface area (Å²) in [5.41, 5.74) is 1.64. The summed E-state index contributed by atoms with van der Waals surface area (Å²) in [6, 6.07) is 9.89. The van der Waals surface area contributed by atoms with E-state index < -0.39 is 10.0 Å². The van der Waals surface area contributed by atoms with Gasteiger partial charge in [0.05, 0.1) is 19.1 Å². The lowest BCUT2D eigenvalue weighted by molar-refractivity contribution is -0.114. The number of sulfonamides is 1. The van der Waals surface area contributed by atoms with Crippen molar-refractivity contribution in [1.82, 2.24) is 4.72 Å². The normalized spacial score (nSPS) is 11.1. The largest absolute Gasteiger partial charge is 0.497 e. The number of carbonyl (C=O) groups is 1. The number of rotatable bonds is 7. The van der Waals surface area contributed by atoms with Gasteiger partial charge < -0.3 is 14.8 Å². The smallest absolute Gasteiger partial charge is 0.241 e. The lowest BCUT2D eigenvalue weighted by Crippen LogP contribution is -2.24. The Hall–Kier alpha value is -2.58. The molecule has 140 valence electrons. The van der Waals surface area contributed by atoms with Gasteiger partial charge in [-0.15, -0.1) is 0 Å². The zero-order valence-electron chi connectivity index (χ0n) is 15.1. The minimum atomic E-state index is -3.79. The van der Waals surface area contributed by atoms with Crippen molar-refractivity contribution >= 4 is 21.6 Å². The third kappa shape index (κ3) is 4.74. The summed E-state index contributed by atoms with van der Waals surface area (Å²) in [5.74, 6) is 0.882. The van der Waals surface area contributed by atoms with Crippen LogP contribution in [-0.2, 0) is 21.4 Å². The van der Waals surface area contributed by atoms with Crippen molar-refractivity contribution in [2.75, 3.05) is 19.5 Å². The average molecular weight is 378 g/mol. The zero-order chi connectivity index (χ0) is 19.3. The Morgan fingerprint density at radius 2 is 1.81 bits per heavy atom. The molecule has 0 spiro atoms. The highest BCUT2D eigenvalue weighted by molar-refractivity contribution is 7.89. The first-order chi connectivity index (χ1) is 12.3. The van der Waals surface area contributed by atoms with Gasteiger partial charge in [0.1, 0.15) is 11.5 Å². The quantitative estimate of drug-likeness (QED) is 0.772. The van der Waals surface area contributed by atoms with E-state index in [2.05, 4.69) is 10.0 Å². The Bertz CT molecular complexity index is 910. The summed E-state index contributed by atoms with van der Waals surface area (Å²) in [6.07, 6.45) is 0. The van der Waals surface area contributed by atoms with Gasteiger partial charge in [-0.2, -0.15) is 0 Å². The van der Waals surface area contributed by atoms with E-state index in [1.54, 1.807) is 37.3 Å². The maximum Gasteiger partial charge on any atom is 0.241 e. The van der Waals surface area contributed by atoms with Crippen molar-refractivity contribution in [1.29, 1.82) is 0 Å². The molecule has 2 aromatic carbocycles. The fourth-order valence-corrected chi connectivity index (χ4v) is 3.72. The predicted octanol–water partition coefficient (Wildman–Crippen LogP) is 2.45. The summed E-state index contributed by atoms with van der Waals surface area (Å²) in [5, 5.41) is 2.58. The van der Waals surface area contributed by atoms with Gasteiger partial charge in [0.2, 0.25) is 15.9 Å². The molecule has 0 saturated heterocycles. The van der Waals surface area contributed by atoms with E-state index in [1.165, 1.54) is 27.2 Å². The molecule has 0 radical (unpaired) electrons. The maximum absolute atomic E-state index is 12.7. The molecule has 0 bridgehead atoms. The molecule has 1 amide bonds. The molecule has 0 aliphatic rings. The highest BCUT2D eigenvalue weighted by atomic mass is 32.2. The molecule has 0 atom stereocenters. The monoisotopic (exact) mass is 378 g/mol. The second-order valence-corrected chi connectivity index (χ2v) is 7.40. The van der Waals surface area contributed by atoms with Gasteiger partial charge in [-0.1, -0.05) is 6.07 Å². The number of anilines is 1. The Kier molecular flexibility index (Phi) is 6.23. The number of hydrogen-bond acceptors (Lipinski definition) is 5. The van der Waals surface area contributed by atoms with Crippen molar-refractivity contribution in [2.24, 2.45) is 0 Å². The Morgan fingerprint density at radius 1 is 1.08 bits per heavy atom. The minimum Gasteiger partial charge on any atom is -0.497 e. The number of methoxy groups -OCH3 is 2. The number of amides is 1. The van der Waals surface area contributed by atoms with Crippen molar-refractivity contribution in [2.45, 2.75) is 25.3 Å². The molecule has 0 unspecified atom stereocenters. The molecule has 0 heterocycles. The molecular weight excluding hydrogens is 356 g/mol. The molecule has 2 N–H and O–H groups in total. The van der Waals surface area contributed by atoms with Gasteiger partial charge in [0, 0.05) is 24.7 Å². The van der Waals surface area contributed by atoms with Gasteiger partial charge >= 0.3 is 0 Å². The Balaban J connectivity index is 2.28. The first-order valence-electron chi connectivity index (χ1n) is 7.85. The van der Waals surface area contributed by atoms with Crippen molar-refractivity contribution in [3.8, 4) is 11.5 Å². The topological polar surface area (TPSA) is 93.7 Å². The molecule has 0 aliphatic carbocycles. The second-order valence-electron chi connectivity index (χ2n) is 5.66. The van der Waals surface area contributed by atoms with Crippen molar-refractivity contribution < 1.29 is 22.7 Å². The number of aryl methyl sites for hydroxylation is 1. The molecule has 26 heavy (non-hydrogen) atoms. The van der Waals surface area contributed by atoms with E-state index >= 15 is 0 Å². The van der Waals surface area contributed by atoms with Gasteiger partial charge in [-0.05, 0) is 42.8 Å².